The molecule has 0 bridgehead atoms. The largest absolute Gasteiger partial charge is 0.478 e. The molecule has 19 nitrogen and oxygen atoms in total. The highest BCUT2D eigenvalue weighted by atomic mass is 16.4. The Labute approximate surface area is 329 Å². The number of hydrogen-bond acceptors (Lipinski definition) is 15. The van der Waals surface area contributed by atoms with Crippen molar-refractivity contribution >= 4 is 29.5 Å². The minimum absolute atomic E-state index is 0.326. The molecule has 15 N–H and O–H groups in total. The van der Waals surface area contributed by atoms with Crippen molar-refractivity contribution in [2.24, 2.45) is 5.92 Å². The van der Waals surface area contributed by atoms with Gasteiger partial charge in [0.05, 0.1) is 32.0 Å². The lowest BCUT2D eigenvalue weighted by Crippen LogP contribution is -2.41. The highest BCUT2D eigenvalue weighted by Crippen LogP contribution is 2.44. The summed E-state index contributed by atoms with van der Waals surface area (Å²) in [5, 5.41) is 129. The number of carboxylic acids is 4. The Morgan fingerprint density at radius 2 is 1.04 bits per heavy atom. The number of benzene rings is 1. The molecule has 0 saturated carbocycles. The number of rotatable bonds is 15. The number of carboxylic acid groups (broad SMARTS) is 4. The number of carbonyl (C=O) groups is 4. The van der Waals surface area contributed by atoms with Gasteiger partial charge >= 0.3 is 23.9 Å². The maximum absolute atomic E-state index is 11.1. The fourth-order valence-corrected chi connectivity index (χ4v) is 4.20. The van der Waals surface area contributed by atoms with E-state index >= 15 is 0 Å². The van der Waals surface area contributed by atoms with Crippen LogP contribution < -0.4 is 0 Å². The second-order valence-corrected chi connectivity index (χ2v) is 12.0. The number of aliphatic carboxylic acids is 4. The van der Waals surface area contributed by atoms with Crippen LogP contribution in [0.2, 0.25) is 0 Å². The second-order valence-electron chi connectivity index (χ2n) is 12.0. The third-order valence-corrected chi connectivity index (χ3v) is 7.73. The van der Waals surface area contributed by atoms with Gasteiger partial charge < -0.3 is 76.6 Å². The quantitative estimate of drug-likeness (QED) is 0.0876. The molecule has 322 valence electrons. The molecule has 0 heterocycles. The van der Waals surface area contributed by atoms with Gasteiger partial charge in [-0.2, -0.15) is 0 Å². The summed E-state index contributed by atoms with van der Waals surface area (Å²) in [6.07, 6.45) is -0.493. The number of aryl methyl sites for hydroxylation is 1. The van der Waals surface area contributed by atoms with E-state index in [0.29, 0.717) is 11.1 Å². The number of allylic oxidation sites excluding steroid dienone is 4. The minimum Gasteiger partial charge on any atom is -0.478 e. The molecule has 1 aromatic rings. The van der Waals surface area contributed by atoms with Crippen molar-refractivity contribution in [1.29, 1.82) is 0 Å². The SMILES string of the molecule is C=CC(=O)O.C=CC(=O)O.Cc1cccc(C2=C(C=CC(=O)O)C(C=CC(=O)O)=CC(C)(O)C2C)c1C.OC[C@@H](O)C(O)[C@@H](O)CO.OC[C@@H](O)C(O)[C@@H](O)CO. The van der Waals surface area contributed by atoms with Crippen molar-refractivity contribution in [3.8, 4) is 0 Å². The number of aliphatic hydroxyl groups is 11. The topological polar surface area (TPSA) is 372 Å². The molecule has 0 spiro atoms. The first-order valence-electron chi connectivity index (χ1n) is 16.7. The van der Waals surface area contributed by atoms with Crippen LogP contribution in [0.25, 0.3) is 5.57 Å². The molecule has 4 unspecified atom stereocenters. The van der Waals surface area contributed by atoms with Crippen molar-refractivity contribution in [3.05, 3.63) is 102 Å². The zero-order valence-corrected chi connectivity index (χ0v) is 31.9. The lowest BCUT2D eigenvalue weighted by Gasteiger charge is -2.36. The van der Waals surface area contributed by atoms with E-state index in [2.05, 4.69) is 13.2 Å². The Morgan fingerprint density at radius 3 is 1.35 bits per heavy atom. The van der Waals surface area contributed by atoms with Crippen LogP contribution in [0.5, 0.6) is 0 Å². The lowest BCUT2D eigenvalue weighted by molar-refractivity contribution is -0.132. The lowest BCUT2D eigenvalue weighted by atomic mass is 9.71. The van der Waals surface area contributed by atoms with Crippen LogP contribution in [-0.2, 0) is 19.2 Å². The molecule has 0 saturated heterocycles. The predicted molar refractivity (Wildman–Crippen MR) is 204 cm³/mol. The fraction of sp³-hybridized carbons (Fsp3) is 0.421. The van der Waals surface area contributed by atoms with Gasteiger partial charge in [0.2, 0.25) is 0 Å². The summed E-state index contributed by atoms with van der Waals surface area (Å²) in [6, 6.07) is 5.83. The van der Waals surface area contributed by atoms with Gasteiger partial charge in [-0.05, 0) is 72.4 Å². The molecule has 2 rings (SSSR count). The van der Waals surface area contributed by atoms with Crippen LogP contribution in [0.4, 0.5) is 0 Å². The van der Waals surface area contributed by atoms with E-state index in [0.717, 1.165) is 46.6 Å². The van der Waals surface area contributed by atoms with Gasteiger partial charge in [0, 0.05) is 30.2 Å². The molecule has 0 fully saturated rings. The van der Waals surface area contributed by atoms with Crippen LogP contribution in [0, 0.1) is 19.8 Å². The molecule has 19 heteroatoms. The summed E-state index contributed by atoms with van der Waals surface area (Å²) in [4.78, 5) is 40.6. The third kappa shape index (κ3) is 22.4. The van der Waals surface area contributed by atoms with E-state index in [1.807, 2.05) is 39.0 Å². The monoisotopic (exact) mass is 816 g/mol. The summed E-state index contributed by atoms with van der Waals surface area (Å²) >= 11 is 0. The van der Waals surface area contributed by atoms with Gasteiger partial charge in [-0.25, -0.2) is 19.2 Å². The van der Waals surface area contributed by atoms with E-state index in [9.17, 15) is 24.3 Å². The summed E-state index contributed by atoms with van der Waals surface area (Å²) in [7, 11) is 0. The highest BCUT2D eigenvalue weighted by molar-refractivity contribution is 5.87. The summed E-state index contributed by atoms with van der Waals surface area (Å²) in [5.74, 6) is -4.51. The Bertz CT molecular complexity index is 1500. The van der Waals surface area contributed by atoms with Gasteiger partial charge in [0.25, 0.3) is 0 Å². The molecule has 1 aliphatic rings. The fourth-order valence-electron chi connectivity index (χ4n) is 4.20. The number of aliphatic hydroxyl groups excluding tert-OH is 10. The van der Waals surface area contributed by atoms with E-state index < -0.39 is 92.5 Å². The summed E-state index contributed by atoms with van der Waals surface area (Å²) in [6.45, 7) is 10.9. The van der Waals surface area contributed by atoms with Crippen LogP contribution in [0.15, 0.2) is 85.0 Å². The molecule has 1 aromatic carbocycles. The maximum atomic E-state index is 11.1. The first-order chi connectivity index (χ1) is 26.3. The Hall–Kier alpha value is -4.90. The van der Waals surface area contributed by atoms with Crippen LogP contribution in [0.3, 0.4) is 0 Å². The Balaban J connectivity index is -0.000000794. The normalized spacial score (nSPS) is 19.1. The molecule has 8 atom stereocenters. The Kier molecular flexibility index (Phi) is 29.1. The molecular formula is C38H56O19. The first kappa shape index (κ1) is 56.4. The minimum atomic E-state index is -1.49. The van der Waals surface area contributed by atoms with Gasteiger partial charge in [-0.15, -0.1) is 0 Å². The van der Waals surface area contributed by atoms with Crippen LogP contribution >= 0.6 is 0 Å². The van der Waals surface area contributed by atoms with Crippen molar-refractivity contribution in [2.45, 2.75) is 69.9 Å². The van der Waals surface area contributed by atoms with Gasteiger partial charge in [0.15, 0.2) is 0 Å². The third-order valence-electron chi connectivity index (χ3n) is 7.73. The summed E-state index contributed by atoms with van der Waals surface area (Å²) < 4.78 is 0. The standard InChI is InChI=1S/C22H24O5.2C5H12O5.2C3H4O2/c1-13-6-5-7-17(14(13)2)21-15(3)22(4,27)12-16(8-10-19(23)24)18(21)9-11-20(25)26;2*6-1-3(8)5(10)4(9)2-7;2*1-2-3(4)5/h5-12,15,27H,1-4H3,(H,23,24)(H,25,26);2*3-10H,1-2H2;2*2H,1H2,(H,4,5)/t;2*3-,4+,5?;;. The average Bonchev–Trinajstić information content (AvgIpc) is 3.17. The van der Waals surface area contributed by atoms with Gasteiger partial charge in [0.1, 0.15) is 36.6 Å². The smallest absolute Gasteiger partial charge is 0.328 e. The van der Waals surface area contributed by atoms with E-state index in [1.165, 1.54) is 12.2 Å². The van der Waals surface area contributed by atoms with E-state index in [-0.39, 0.29) is 5.92 Å². The van der Waals surface area contributed by atoms with Crippen molar-refractivity contribution in [3.63, 3.8) is 0 Å². The van der Waals surface area contributed by atoms with Gasteiger partial charge in [-0.1, -0.05) is 38.3 Å². The van der Waals surface area contributed by atoms with Crippen molar-refractivity contribution < 1.29 is 95.8 Å². The average molecular weight is 817 g/mol. The first-order valence-corrected chi connectivity index (χ1v) is 16.7. The maximum Gasteiger partial charge on any atom is 0.328 e. The van der Waals surface area contributed by atoms with Crippen LogP contribution in [0.1, 0.15) is 30.5 Å². The van der Waals surface area contributed by atoms with Gasteiger partial charge in [-0.3, -0.25) is 0 Å². The molecule has 0 aromatic heterocycles. The molecular weight excluding hydrogens is 760 g/mol. The zero-order chi connectivity index (χ0) is 45.2. The molecule has 0 aliphatic heterocycles. The molecule has 0 amide bonds. The molecule has 57 heavy (non-hydrogen) atoms. The number of hydrogen-bond donors (Lipinski definition) is 15. The molecule has 0 radical (unpaired) electrons. The van der Waals surface area contributed by atoms with Crippen molar-refractivity contribution in [1.82, 2.24) is 0 Å². The predicted octanol–water partition coefficient (Wildman–Crippen LogP) is -1.71. The highest BCUT2D eigenvalue weighted by Gasteiger charge is 2.36. The Morgan fingerprint density at radius 1 is 0.684 bits per heavy atom. The summed E-state index contributed by atoms with van der Waals surface area (Å²) in [5.41, 5.74) is 3.62. The second kappa shape index (κ2) is 29.4. The molecule has 1 aliphatic carbocycles. The van der Waals surface area contributed by atoms with Crippen LogP contribution in [-0.4, -0.2) is 169 Å². The van der Waals surface area contributed by atoms with E-state index in [1.54, 1.807) is 13.0 Å². The van der Waals surface area contributed by atoms with E-state index in [4.69, 9.17) is 71.5 Å². The van der Waals surface area contributed by atoms with Crippen molar-refractivity contribution in [2.75, 3.05) is 26.4 Å². The zero-order valence-electron chi connectivity index (χ0n) is 31.9.